The Balaban J connectivity index is 1.54. The molecule has 0 saturated heterocycles. The van der Waals surface area contributed by atoms with Gasteiger partial charge in [0.1, 0.15) is 11.6 Å². The Labute approximate surface area is 247 Å². The van der Waals surface area contributed by atoms with Gasteiger partial charge in [0.15, 0.2) is 11.5 Å². The number of benzene rings is 3. The van der Waals surface area contributed by atoms with Crippen molar-refractivity contribution >= 4 is 36.2 Å². The number of aromatic nitrogens is 2. The van der Waals surface area contributed by atoms with E-state index >= 15 is 0 Å². The highest BCUT2D eigenvalue weighted by Crippen LogP contribution is 2.66. The van der Waals surface area contributed by atoms with Crippen molar-refractivity contribution in [1.29, 1.82) is 0 Å². The lowest BCUT2D eigenvalue weighted by Crippen LogP contribution is -2.42. The summed E-state index contributed by atoms with van der Waals surface area (Å²) in [5.41, 5.74) is 7.77. The quantitative estimate of drug-likeness (QED) is 0.234. The van der Waals surface area contributed by atoms with Crippen LogP contribution in [-0.2, 0) is 11.1 Å². The van der Waals surface area contributed by atoms with Crippen LogP contribution >= 0.6 is 19.4 Å². The highest BCUT2D eigenvalue weighted by Gasteiger charge is 2.50. The second-order valence-corrected chi connectivity index (χ2v) is 12.6. The molecule has 0 fully saturated rings. The molecule has 12 heteroatoms. The number of amides is 1. The van der Waals surface area contributed by atoms with Crippen LogP contribution in [0.15, 0.2) is 59.4 Å². The van der Waals surface area contributed by atoms with E-state index in [0.717, 1.165) is 5.56 Å². The molecule has 42 heavy (non-hydrogen) atoms. The van der Waals surface area contributed by atoms with E-state index in [1.54, 1.807) is 34.6 Å². The molecular weight excluding hydrogens is 579 g/mol. The lowest BCUT2D eigenvalue weighted by molar-refractivity contribution is 0.0601. The highest BCUT2D eigenvalue weighted by molar-refractivity contribution is 7.50. The SMILES string of the molecule is Cc1c2cc(C(=O)N(CCCN)C(c3nc4cc(Cl)ccc4c(=O)n3Cc3ccccc3)C(C)C)c3c1OP(=O)(O2)O3. The van der Waals surface area contributed by atoms with Gasteiger partial charge in [0.25, 0.3) is 11.5 Å². The Kier molecular flexibility index (Phi) is 7.25. The van der Waals surface area contributed by atoms with Gasteiger partial charge in [-0.25, -0.2) is 4.98 Å². The lowest BCUT2D eigenvalue weighted by atomic mass is 9.98. The van der Waals surface area contributed by atoms with Gasteiger partial charge in [-0.2, -0.15) is 4.57 Å². The molecule has 3 aromatic carbocycles. The van der Waals surface area contributed by atoms with Crippen LogP contribution in [0, 0.1) is 12.8 Å². The largest absolute Gasteiger partial charge is 0.647 e. The maximum Gasteiger partial charge on any atom is 0.647 e. The Morgan fingerprint density at radius 1 is 1.10 bits per heavy atom. The number of carbonyl (C=O) groups is 1. The number of hydrogen-bond acceptors (Lipinski definition) is 8. The van der Waals surface area contributed by atoms with Crippen molar-refractivity contribution in [3.63, 3.8) is 0 Å². The number of rotatable bonds is 9. The van der Waals surface area contributed by atoms with E-state index in [1.165, 1.54) is 6.07 Å². The predicted molar refractivity (Wildman–Crippen MR) is 160 cm³/mol. The van der Waals surface area contributed by atoms with Crippen LogP contribution in [0.2, 0.25) is 5.02 Å². The first-order valence-corrected chi connectivity index (χ1v) is 15.6. The standard InChI is InChI=1S/C30H30ClN4O6P/c1-17(2)25(28-33-23-14-20(31)10-11-21(23)29(36)35(28)16-19-8-5-4-6-9-19)34(13-7-12-32)30(37)22-15-24-18(3)26-27(22)41-42(38,39-24)40-26/h4-6,8-11,14-15,17,25H,7,12-13,16,32H2,1-3H3. The first-order valence-electron chi connectivity index (χ1n) is 13.7. The summed E-state index contributed by atoms with van der Waals surface area (Å²) >= 11 is 6.31. The minimum absolute atomic E-state index is 0.0854. The van der Waals surface area contributed by atoms with Gasteiger partial charge in [-0.1, -0.05) is 55.8 Å². The van der Waals surface area contributed by atoms with E-state index < -0.39 is 19.8 Å². The molecule has 2 atom stereocenters. The maximum atomic E-state index is 14.5. The van der Waals surface area contributed by atoms with E-state index in [2.05, 4.69) is 0 Å². The van der Waals surface area contributed by atoms with Gasteiger partial charge in [0, 0.05) is 17.1 Å². The summed E-state index contributed by atoms with van der Waals surface area (Å²) in [5.74, 6) is 0.418. The summed E-state index contributed by atoms with van der Waals surface area (Å²) in [7, 11) is -3.87. The highest BCUT2D eigenvalue weighted by atomic mass is 35.5. The molecule has 1 aromatic heterocycles. The lowest BCUT2D eigenvalue weighted by Gasteiger charge is -2.35. The van der Waals surface area contributed by atoms with Crippen LogP contribution in [0.5, 0.6) is 17.2 Å². The van der Waals surface area contributed by atoms with E-state index in [9.17, 15) is 14.2 Å². The van der Waals surface area contributed by atoms with Crippen LogP contribution in [0.1, 0.15) is 53.6 Å². The molecule has 3 heterocycles. The number of phosphoric ester groups is 1. The Hall–Kier alpha value is -3.85. The van der Waals surface area contributed by atoms with Crippen molar-refractivity contribution < 1.29 is 22.9 Å². The third-order valence-electron chi connectivity index (χ3n) is 7.51. The van der Waals surface area contributed by atoms with Gasteiger partial charge in [0.05, 0.1) is 29.1 Å². The van der Waals surface area contributed by atoms with E-state index in [-0.39, 0.29) is 47.4 Å². The first-order chi connectivity index (χ1) is 20.1. The van der Waals surface area contributed by atoms with Crippen molar-refractivity contribution in [3.8, 4) is 17.2 Å². The zero-order valence-electron chi connectivity index (χ0n) is 23.4. The Bertz CT molecular complexity index is 1820. The summed E-state index contributed by atoms with van der Waals surface area (Å²) in [6.07, 6.45) is 0.491. The Morgan fingerprint density at radius 2 is 1.83 bits per heavy atom. The fourth-order valence-electron chi connectivity index (χ4n) is 5.50. The van der Waals surface area contributed by atoms with E-state index in [0.29, 0.717) is 40.3 Å². The molecular formula is C30H30ClN4O6P. The summed E-state index contributed by atoms with van der Waals surface area (Å²) in [5, 5.41) is 0.868. The average Bonchev–Trinajstić information content (AvgIpc) is 3.17. The molecule has 0 saturated carbocycles. The van der Waals surface area contributed by atoms with Crippen molar-refractivity contribution in [3.05, 3.63) is 92.5 Å². The normalized spacial score (nSPS) is 17.2. The second-order valence-electron chi connectivity index (χ2n) is 10.8. The van der Waals surface area contributed by atoms with Crippen molar-refractivity contribution in [1.82, 2.24) is 14.5 Å². The molecule has 2 aliphatic heterocycles. The number of nitrogens with zero attached hydrogens (tertiary/aromatic N) is 3. The summed E-state index contributed by atoms with van der Waals surface area (Å²) in [6.45, 7) is 6.53. The molecule has 2 aliphatic rings. The molecule has 6 rings (SSSR count). The number of phosphoric acid groups is 1. The minimum Gasteiger partial charge on any atom is -0.385 e. The third kappa shape index (κ3) is 4.83. The van der Waals surface area contributed by atoms with Crippen LogP contribution in [0.3, 0.4) is 0 Å². The molecule has 2 N–H and O–H groups in total. The first kappa shape index (κ1) is 28.3. The molecule has 1 amide bonds. The molecule has 0 radical (unpaired) electrons. The predicted octanol–water partition coefficient (Wildman–Crippen LogP) is 5.87. The summed E-state index contributed by atoms with van der Waals surface area (Å²) in [6, 6.07) is 15.5. The van der Waals surface area contributed by atoms with Gasteiger partial charge >= 0.3 is 7.82 Å². The average molecular weight is 609 g/mol. The van der Waals surface area contributed by atoms with Crippen LogP contribution in [0.25, 0.3) is 10.9 Å². The number of fused-ring (bicyclic) bond motifs is 3. The molecule has 10 nitrogen and oxygen atoms in total. The monoisotopic (exact) mass is 608 g/mol. The number of nitrogens with two attached hydrogens (primary N) is 1. The summed E-state index contributed by atoms with van der Waals surface area (Å²) < 4.78 is 31.0. The molecule has 218 valence electrons. The van der Waals surface area contributed by atoms with Crippen molar-refractivity contribution in [2.45, 2.75) is 39.8 Å². The third-order valence-corrected chi connectivity index (χ3v) is 8.98. The van der Waals surface area contributed by atoms with Gasteiger partial charge in [-0.05, 0) is 55.6 Å². The van der Waals surface area contributed by atoms with Gasteiger partial charge in [-0.15, -0.1) is 0 Å². The van der Waals surface area contributed by atoms with Crippen molar-refractivity contribution in [2.75, 3.05) is 13.1 Å². The second kappa shape index (κ2) is 10.8. The molecule has 3 bridgehead atoms. The number of halogens is 1. The fraction of sp³-hybridized carbons (Fsp3) is 0.300. The maximum absolute atomic E-state index is 14.5. The van der Waals surface area contributed by atoms with Gasteiger partial charge in [-0.3, -0.25) is 14.2 Å². The molecule has 4 aromatic rings. The van der Waals surface area contributed by atoms with Crippen molar-refractivity contribution in [2.24, 2.45) is 11.7 Å². The van der Waals surface area contributed by atoms with Crippen LogP contribution < -0.4 is 24.9 Å². The van der Waals surface area contributed by atoms with Gasteiger partial charge in [0.2, 0.25) is 0 Å². The number of carbonyl (C=O) groups excluding carboxylic acids is 1. The number of hydrogen-bond donors (Lipinski definition) is 1. The molecule has 2 unspecified atom stereocenters. The zero-order chi connectivity index (χ0) is 29.8. The van der Waals surface area contributed by atoms with Crippen LogP contribution in [-0.4, -0.2) is 33.4 Å². The molecule has 0 spiro atoms. The topological polar surface area (TPSA) is 126 Å². The van der Waals surface area contributed by atoms with Crippen LogP contribution in [0.4, 0.5) is 0 Å². The van der Waals surface area contributed by atoms with E-state index in [4.69, 9.17) is 35.9 Å². The minimum atomic E-state index is -3.87. The smallest absolute Gasteiger partial charge is 0.385 e. The van der Waals surface area contributed by atoms with E-state index in [1.807, 2.05) is 44.2 Å². The molecule has 0 aliphatic carbocycles. The van der Waals surface area contributed by atoms with Gasteiger partial charge < -0.3 is 24.2 Å². The Morgan fingerprint density at radius 3 is 2.55 bits per heavy atom. The fourth-order valence-corrected chi connectivity index (χ4v) is 7.06. The summed E-state index contributed by atoms with van der Waals surface area (Å²) in [4.78, 5) is 35.1. The zero-order valence-corrected chi connectivity index (χ0v) is 25.0.